The molecule has 3 rings (SSSR count). The molecule has 28 heavy (non-hydrogen) atoms. The van der Waals surface area contributed by atoms with Gasteiger partial charge in [-0.2, -0.15) is 0 Å². The molecule has 8 heteroatoms. The number of halogens is 2. The number of aromatic amines is 1. The Morgan fingerprint density at radius 3 is 2.71 bits per heavy atom. The zero-order chi connectivity index (χ0) is 20.1. The van der Waals surface area contributed by atoms with Crippen LogP contribution in [0.15, 0.2) is 48.7 Å². The van der Waals surface area contributed by atoms with Gasteiger partial charge in [-0.3, -0.25) is 4.79 Å². The molecule has 1 atom stereocenters. The summed E-state index contributed by atoms with van der Waals surface area (Å²) < 4.78 is 10.2. The number of hydrogen-bond acceptors (Lipinski definition) is 4. The second-order valence-corrected chi connectivity index (χ2v) is 6.91. The molecule has 0 saturated carbocycles. The van der Waals surface area contributed by atoms with Crippen LogP contribution in [0.1, 0.15) is 5.56 Å². The summed E-state index contributed by atoms with van der Waals surface area (Å²) in [6.07, 6.45) is 2.10. The maximum absolute atomic E-state index is 12.3. The summed E-state index contributed by atoms with van der Waals surface area (Å²) in [6, 6.07) is 11.6. The first kappa shape index (κ1) is 20.0. The smallest absolute Gasteiger partial charge is 0.328 e. The number of rotatable bonds is 7. The molecule has 6 nitrogen and oxygen atoms in total. The SMILES string of the molecule is COC(=O)[C@@H](Cc1c[nH]c2ccccc12)NC(=O)COc1ccc(Cl)cc1Cl. The maximum Gasteiger partial charge on any atom is 0.328 e. The van der Waals surface area contributed by atoms with E-state index in [0.717, 1.165) is 16.5 Å². The average molecular weight is 421 g/mol. The molecule has 146 valence electrons. The van der Waals surface area contributed by atoms with Crippen LogP contribution in [0, 0.1) is 0 Å². The van der Waals surface area contributed by atoms with Gasteiger partial charge in [0.15, 0.2) is 6.61 Å². The van der Waals surface area contributed by atoms with E-state index >= 15 is 0 Å². The molecular formula is C20H18Cl2N2O4. The van der Waals surface area contributed by atoms with E-state index in [1.54, 1.807) is 12.1 Å². The van der Waals surface area contributed by atoms with E-state index in [0.29, 0.717) is 15.8 Å². The molecule has 2 N–H and O–H groups in total. The molecule has 0 radical (unpaired) electrons. The van der Waals surface area contributed by atoms with Gasteiger partial charge in [0.2, 0.25) is 0 Å². The number of nitrogens with one attached hydrogen (secondary N) is 2. The third-order valence-corrected chi connectivity index (χ3v) is 4.70. The zero-order valence-corrected chi connectivity index (χ0v) is 16.5. The highest BCUT2D eigenvalue weighted by atomic mass is 35.5. The number of aromatic nitrogens is 1. The van der Waals surface area contributed by atoms with Crippen LogP contribution in [0.5, 0.6) is 5.75 Å². The number of ether oxygens (including phenoxy) is 2. The van der Waals surface area contributed by atoms with E-state index < -0.39 is 17.9 Å². The lowest BCUT2D eigenvalue weighted by molar-refractivity contribution is -0.145. The van der Waals surface area contributed by atoms with Crippen molar-refractivity contribution in [3.05, 3.63) is 64.3 Å². The Bertz CT molecular complexity index is 1000. The van der Waals surface area contributed by atoms with E-state index in [1.807, 2.05) is 30.5 Å². The Hall–Kier alpha value is -2.70. The molecule has 0 aliphatic carbocycles. The van der Waals surface area contributed by atoms with Gasteiger partial charge >= 0.3 is 5.97 Å². The first-order valence-corrected chi connectivity index (χ1v) is 9.23. The number of esters is 1. The van der Waals surface area contributed by atoms with Gasteiger partial charge in [-0.25, -0.2) is 4.79 Å². The summed E-state index contributed by atoms with van der Waals surface area (Å²) in [6.45, 7) is -0.303. The van der Waals surface area contributed by atoms with Crippen LogP contribution < -0.4 is 10.1 Å². The van der Waals surface area contributed by atoms with Crippen molar-refractivity contribution >= 4 is 46.0 Å². The quantitative estimate of drug-likeness (QED) is 0.570. The number of H-pyrrole nitrogens is 1. The molecule has 0 fully saturated rings. The number of benzene rings is 2. The van der Waals surface area contributed by atoms with Crippen molar-refractivity contribution in [1.29, 1.82) is 0 Å². The molecular weight excluding hydrogens is 403 g/mol. The highest BCUT2D eigenvalue weighted by Crippen LogP contribution is 2.27. The van der Waals surface area contributed by atoms with Crippen LogP contribution >= 0.6 is 23.2 Å². The van der Waals surface area contributed by atoms with Crippen LogP contribution in [0.4, 0.5) is 0 Å². The van der Waals surface area contributed by atoms with E-state index in [2.05, 4.69) is 10.3 Å². The molecule has 2 aromatic carbocycles. The van der Waals surface area contributed by atoms with Crippen molar-refractivity contribution in [2.24, 2.45) is 0 Å². The summed E-state index contributed by atoms with van der Waals surface area (Å²) in [4.78, 5) is 27.6. The molecule has 0 unspecified atom stereocenters. The Morgan fingerprint density at radius 1 is 1.18 bits per heavy atom. The number of methoxy groups -OCH3 is 1. The molecule has 0 spiro atoms. The van der Waals surface area contributed by atoms with Gasteiger partial charge in [0.25, 0.3) is 5.91 Å². The molecule has 1 aromatic heterocycles. The van der Waals surface area contributed by atoms with Gasteiger partial charge in [-0.05, 0) is 29.8 Å². The lowest BCUT2D eigenvalue weighted by Gasteiger charge is -2.17. The van der Waals surface area contributed by atoms with Crippen LogP contribution in [-0.2, 0) is 20.7 Å². The van der Waals surface area contributed by atoms with Gasteiger partial charge in [0, 0.05) is 28.5 Å². The second-order valence-electron chi connectivity index (χ2n) is 6.07. The Labute approximate surface area is 171 Å². The van der Waals surface area contributed by atoms with Gasteiger partial charge in [-0.1, -0.05) is 41.4 Å². The van der Waals surface area contributed by atoms with Crippen molar-refractivity contribution in [3.63, 3.8) is 0 Å². The Morgan fingerprint density at radius 2 is 1.96 bits per heavy atom. The summed E-state index contributed by atoms with van der Waals surface area (Å²) in [5.41, 5.74) is 1.85. The predicted octanol–water partition coefficient (Wildman–Crippen LogP) is 3.75. The number of carbonyl (C=O) groups excluding carboxylic acids is 2. The average Bonchev–Trinajstić information content (AvgIpc) is 3.09. The van der Waals surface area contributed by atoms with Gasteiger partial charge in [0.1, 0.15) is 11.8 Å². The van der Waals surface area contributed by atoms with Crippen molar-refractivity contribution in [1.82, 2.24) is 10.3 Å². The van der Waals surface area contributed by atoms with Gasteiger partial charge < -0.3 is 19.8 Å². The third-order valence-electron chi connectivity index (χ3n) is 4.17. The van der Waals surface area contributed by atoms with E-state index in [4.69, 9.17) is 32.7 Å². The number of carbonyl (C=O) groups is 2. The summed E-state index contributed by atoms with van der Waals surface area (Å²) in [7, 11) is 1.28. The van der Waals surface area contributed by atoms with Crippen molar-refractivity contribution in [2.45, 2.75) is 12.5 Å². The Balaban J connectivity index is 1.66. The second kappa shape index (κ2) is 8.99. The fraction of sp³-hybridized carbons (Fsp3) is 0.200. The zero-order valence-electron chi connectivity index (χ0n) is 15.0. The topological polar surface area (TPSA) is 80.4 Å². The molecule has 1 heterocycles. The van der Waals surface area contributed by atoms with Gasteiger partial charge in [-0.15, -0.1) is 0 Å². The van der Waals surface area contributed by atoms with Crippen LogP contribution in [0.3, 0.4) is 0 Å². The summed E-state index contributed by atoms with van der Waals surface area (Å²) >= 11 is 11.9. The first-order chi connectivity index (χ1) is 13.5. The highest BCUT2D eigenvalue weighted by Gasteiger charge is 2.23. The fourth-order valence-corrected chi connectivity index (χ4v) is 3.29. The standard InChI is InChI=1S/C20H18Cl2N2O4/c1-27-20(26)17(8-12-10-23-16-5-3-2-4-14(12)16)24-19(25)11-28-18-7-6-13(21)9-15(18)22/h2-7,9-10,17,23H,8,11H2,1H3,(H,24,25)/t17-/m1/s1. The number of amides is 1. The van der Waals surface area contributed by atoms with Crippen molar-refractivity contribution < 1.29 is 19.1 Å². The lowest BCUT2D eigenvalue weighted by Crippen LogP contribution is -2.44. The minimum atomic E-state index is -0.846. The van der Waals surface area contributed by atoms with Crippen molar-refractivity contribution in [3.8, 4) is 5.75 Å². The molecule has 0 aliphatic heterocycles. The minimum Gasteiger partial charge on any atom is -0.482 e. The summed E-state index contributed by atoms with van der Waals surface area (Å²) in [5, 5.41) is 4.39. The monoisotopic (exact) mass is 420 g/mol. The van der Waals surface area contributed by atoms with Crippen molar-refractivity contribution in [2.75, 3.05) is 13.7 Å². The van der Waals surface area contributed by atoms with Crippen LogP contribution in [0.25, 0.3) is 10.9 Å². The number of fused-ring (bicyclic) bond motifs is 1. The normalized spacial score (nSPS) is 11.8. The molecule has 0 saturated heterocycles. The fourth-order valence-electron chi connectivity index (χ4n) is 2.83. The molecule has 0 bridgehead atoms. The largest absolute Gasteiger partial charge is 0.482 e. The number of para-hydroxylation sites is 1. The summed E-state index contributed by atoms with van der Waals surface area (Å²) in [5.74, 6) is -0.683. The van der Waals surface area contributed by atoms with Crippen LogP contribution in [-0.4, -0.2) is 36.6 Å². The molecule has 3 aromatic rings. The maximum atomic E-state index is 12.3. The van der Waals surface area contributed by atoms with Gasteiger partial charge in [0.05, 0.1) is 12.1 Å². The molecule has 1 amide bonds. The minimum absolute atomic E-state index is 0.282. The van der Waals surface area contributed by atoms with Crippen LogP contribution in [0.2, 0.25) is 10.0 Å². The predicted molar refractivity (Wildman–Crippen MR) is 108 cm³/mol. The Kier molecular flexibility index (Phi) is 6.44. The van der Waals surface area contributed by atoms with E-state index in [-0.39, 0.29) is 13.0 Å². The molecule has 0 aliphatic rings. The third kappa shape index (κ3) is 4.77. The first-order valence-electron chi connectivity index (χ1n) is 8.48. The number of hydrogen-bond donors (Lipinski definition) is 2. The lowest BCUT2D eigenvalue weighted by atomic mass is 10.0. The van der Waals surface area contributed by atoms with E-state index in [9.17, 15) is 9.59 Å². The van der Waals surface area contributed by atoms with E-state index in [1.165, 1.54) is 13.2 Å². The highest BCUT2D eigenvalue weighted by molar-refractivity contribution is 6.35.